The second-order valence-corrected chi connectivity index (χ2v) is 6.54. The van der Waals surface area contributed by atoms with Crippen LogP contribution >= 0.6 is 11.3 Å². The Kier molecular flexibility index (Phi) is 5.45. The highest BCUT2D eigenvalue weighted by Gasteiger charge is 2.24. The van der Waals surface area contributed by atoms with Gasteiger partial charge in [-0.2, -0.15) is 0 Å². The van der Waals surface area contributed by atoms with E-state index in [4.69, 9.17) is 5.11 Å². The highest BCUT2D eigenvalue weighted by Crippen LogP contribution is 2.26. The molecule has 0 aromatic carbocycles. The van der Waals surface area contributed by atoms with E-state index in [0.717, 1.165) is 17.3 Å². The lowest BCUT2D eigenvalue weighted by Gasteiger charge is -2.37. The monoisotopic (exact) mass is 277 g/mol. The predicted octanol–water partition coefficient (Wildman–Crippen LogP) is 3.10. The number of likely N-dealkylation sites (tertiary alicyclic amines) is 1. The number of aliphatic hydroxyl groups is 1. The summed E-state index contributed by atoms with van der Waals surface area (Å²) in [5.41, 5.74) is 0. The fraction of sp³-hybridized carbons (Fsp3) is 0.625. The minimum Gasteiger partial charge on any atom is -0.395 e. The molecule has 2 nitrogen and oxygen atoms in total. The van der Waals surface area contributed by atoms with Gasteiger partial charge in [0, 0.05) is 23.9 Å². The number of rotatable bonds is 3. The van der Waals surface area contributed by atoms with E-state index in [1.54, 1.807) is 11.3 Å². The van der Waals surface area contributed by atoms with E-state index in [9.17, 15) is 0 Å². The Morgan fingerprint density at radius 1 is 1.42 bits per heavy atom. The lowest BCUT2D eigenvalue weighted by molar-refractivity contribution is 0.107. The van der Waals surface area contributed by atoms with Gasteiger partial charge in [0.2, 0.25) is 0 Å². The molecule has 1 aromatic rings. The van der Waals surface area contributed by atoms with E-state index in [-0.39, 0.29) is 6.61 Å². The fourth-order valence-corrected chi connectivity index (χ4v) is 3.49. The molecule has 2 heterocycles. The number of nitrogens with zero attached hydrogens (tertiary/aromatic N) is 1. The van der Waals surface area contributed by atoms with Crippen molar-refractivity contribution in [2.45, 2.75) is 45.7 Å². The number of piperidine rings is 1. The molecular formula is C16H23NOS. The van der Waals surface area contributed by atoms with Gasteiger partial charge in [0.25, 0.3) is 0 Å². The molecule has 0 radical (unpaired) electrons. The lowest BCUT2D eigenvalue weighted by atomic mass is 9.92. The Hall–Kier alpha value is -0.820. The average Bonchev–Trinajstić information content (AvgIpc) is 2.83. The molecule has 2 unspecified atom stereocenters. The average molecular weight is 277 g/mol. The van der Waals surface area contributed by atoms with Crippen LogP contribution in [0.3, 0.4) is 0 Å². The zero-order valence-corrected chi connectivity index (χ0v) is 12.7. The van der Waals surface area contributed by atoms with Gasteiger partial charge in [-0.1, -0.05) is 18.8 Å². The minimum absolute atomic E-state index is 0.147. The molecule has 0 bridgehead atoms. The fourth-order valence-electron chi connectivity index (χ4n) is 2.58. The van der Waals surface area contributed by atoms with Gasteiger partial charge >= 0.3 is 0 Å². The third-order valence-corrected chi connectivity index (χ3v) is 4.96. The van der Waals surface area contributed by atoms with Gasteiger partial charge in [-0.15, -0.1) is 11.3 Å². The summed E-state index contributed by atoms with van der Waals surface area (Å²) in [4.78, 5) is 5.10. The van der Waals surface area contributed by atoms with Crippen LogP contribution in [0.4, 0.5) is 0 Å². The van der Waals surface area contributed by atoms with Gasteiger partial charge in [-0.3, -0.25) is 4.90 Å². The molecule has 2 atom stereocenters. The molecule has 0 amide bonds. The van der Waals surface area contributed by atoms with Crippen molar-refractivity contribution in [3.63, 3.8) is 0 Å². The SMILES string of the molecule is CC1CCCN(Cc2ccc(C#CCCO)s2)C1C. The third-order valence-electron chi connectivity index (χ3n) is 3.97. The first-order valence-corrected chi connectivity index (χ1v) is 7.95. The Morgan fingerprint density at radius 2 is 2.26 bits per heavy atom. The molecule has 0 spiro atoms. The lowest BCUT2D eigenvalue weighted by Crippen LogP contribution is -2.41. The highest BCUT2D eigenvalue weighted by molar-refractivity contribution is 7.12. The molecular weight excluding hydrogens is 254 g/mol. The number of thiophene rings is 1. The Bertz CT molecular complexity index is 457. The zero-order valence-electron chi connectivity index (χ0n) is 11.9. The zero-order chi connectivity index (χ0) is 13.7. The maximum Gasteiger partial charge on any atom is 0.0771 e. The molecule has 19 heavy (non-hydrogen) atoms. The van der Waals surface area contributed by atoms with Gasteiger partial charge < -0.3 is 5.11 Å². The summed E-state index contributed by atoms with van der Waals surface area (Å²) >= 11 is 1.78. The van der Waals surface area contributed by atoms with E-state index in [2.05, 4.69) is 42.7 Å². The van der Waals surface area contributed by atoms with Crippen LogP contribution in [0.2, 0.25) is 0 Å². The molecule has 104 valence electrons. The molecule has 0 saturated carbocycles. The molecule has 2 rings (SSSR count). The first-order chi connectivity index (χ1) is 9.20. The number of hydrogen-bond donors (Lipinski definition) is 1. The van der Waals surface area contributed by atoms with E-state index in [0.29, 0.717) is 12.5 Å². The van der Waals surface area contributed by atoms with Crippen molar-refractivity contribution in [2.24, 2.45) is 5.92 Å². The van der Waals surface area contributed by atoms with E-state index in [1.807, 2.05) is 0 Å². The van der Waals surface area contributed by atoms with Crippen molar-refractivity contribution < 1.29 is 5.11 Å². The molecule has 1 N–H and O–H groups in total. The summed E-state index contributed by atoms with van der Waals surface area (Å²) < 4.78 is 0. The van der Waals surface area contributed by atoms with E-state index < -0.39 is 0 Å². The molecule has 1 fully saturated rings. The summed E-state index contributed by atoms with van der Waals surface area (Å²) in [6, 6.07) is 4.97. The van der Waals surface area contributed by atoms with E-state index in [1.165, 1.54) is 24.3 Å². The number of aliphatic hydroxyl groups excluding tert-OH is 1. The summed E-state index contributed by atoms with van der Waals surface area (Å²) in [6.07, 6.45) is 3.24. The van der Waals surface area contributed by atoms with Crippen molar-refractivity contribution in [3.05, 3.63) is 21.9 Å². The van der Waals surface area contributed by atoms with Crippen LogP contribution in [0.25, 0.3) is 0 Å². The molecule has 1 aliphatic heterocycles. The summed E-state index contributed by atoms with van der Waals surface area (Å²) in [5.74, 6) is 6.90. The van der Waals surface area contributed by atoms with Crippen LogP contribution in [0.15, 0.2) is 12.1 Å². The molecule has 3 heteroatoms. The standard InChI is InChI=1S/C16H23NOS/c1-13-6-5-10-17(14(13)2)12-16-9-8-15(19-16)7-3-4-11-18/h8-9,13-14,18H,4-6,10-12H2,1-2H3. The number of hydrogen-bond acceptors (Lipinski definition) is 3. The van der Waals surface area contributed by atoms with Crippen LogP contribution in [0, 0.1) is 17.8 Å². The van der Waals surface area contributed by atoms with Crippen molar-refractivity contribution in [3.8, 4) is 11.8 Å². The predicted molar refractivity (Wildman–Crippen MR) is 81.2 cm³/mol. The van der Waals surface area contributed by atoms with Gasteiger partial charge in [0.05, 0.1) is 11.5 Å². The largest absolute Gasteiger partial charge is 0.395 e. The summed E-state index contributed by atoms with van der Waals surface area (Å²) in [6.45, 7) is 7.12. The van der Waals surface area contributed by atoms with Gasteiger partial charge in [0.15, 0.2) is 0 Å². The molecule has 1 saturated heterocycles. The van der Waals surface area contributed by atoms with Crippen molar-refractivity contribution in [1.82, 2.24) is 4.90 Å². The maximum absolute atomic E-state index is 8.71. The van der Waals surface area contributed by atoms with Gasteiger partial charge in [-0.25, -0.2) is 0 Å². The van der Waals surface area contributed by atoms with Crippen LogP contribution < -0.4 is 0 Å². The molecule has 1 aromatic heterocycles. The van der Waals surface area contributed by atoms with Crippen molar-refractivity contribution in [1.29, 1.82) is 0 Å². The summed E-state index contributed by atoms with van der Waals surface area (Å²) in [5, 5.41) is 8.71. The van der Waals surface area contributed by atoms with Crippen LogP contribution in [0.5, 0.6) is 0 Å². The topological polar surface area (TPSA) is 23.5 Å². The van der Waals surface area contributed by atoms with Gasteiger partial charge in [-0.05, 0) is 44.4 Å². The Labute approximate surface area is 120 Å². The first-order valence-electron chi connectivity index (χ1n) is 7.13. The third kappa shape index (κ3) is 4.07. The smallest absolute Gasteiger partial charge is 0.0771 e. The van der Waals surface area contributed by atoms with Crippen LogP contribution in [-0.2, 0) is 6.54 Å². The van der Waals surface area contributed by atoms with Crippen LogP contribution in [0.1, 0.15) is 42.9 Å². The van der Waals surface area contributed by atoms with E-state index >= 15 is 0 Å². The minimum atomic E-state index is 0.147. The quantitative estimate of drug-likeness (QED) is 0.858. The van der Waals surface area contributed by atoms with Gasteiger partial charge in [0.1, 0.15) is 0 Å². The summed E-state index contributed by atoms with van der Waals surface area (Å²) in [7, 11) is 0. The molecule has 0 aliphatic carbocycles. The van der Waals surface area contributed by atoms with Crippen molar-refractivity contribution >= 4 is 11.3 Å². The second kappa shape index (κ2) is 7.09. The first kappa shape index (κ1) is 14.6. The molecule has 1 aliphatic rings. The normalized spacial score (nSPS) is 23.9. The highest BCUT2D eigenvalue weighted by atomic mass is 32.1. The van der Waals surface area contributed by atoms with Crippen LogP contribution in [-0.4, -0.2) is 29.2 Å². The Morgan fingerprint density at radius 3 is 3.05 bits per heavy atom. The van der Waals surface area contributed by atoms with Crippen molar-refractivity contribution in [2.75, 3.05) is 13.2 Å². The second-order valence-electron chi connectivity index (χ2n) is 5.37. The maximum atomic E-state index is 8.71. The Balaban J connectivity index is 1.94.